The average Bonchev–Trinajstić information content (AvgIpc) is 2.46. The van der Waals surface area contributed by atoms with Gasteiger partial charge in [0.05, 0.1) is 0 Å². The maximum atomic E-state index is 11.0. The van der Waals surface area contributed by atoms with Crippen molar-refractivity contribution in [2.24, 2.45) is 5.73 Å². The highest BCUT2D eigenvalue weighted by molar-refractivity contribution is 5.91. The van der Waals surface area contributed by atoms with E-state index in [4.69, 9.17) is 5.73 Å². The molecule has 0 aromatic heterocycles. The average molecular weight is 296 g/mol. The van der Waals surface area contributed by atoms with E-state index in [1.165, 1.54) is 64.5 Å². The van der Waals surface area contributed by atoms with E-state index in [9.17, 15) is 4.79 Å². The zero-order chi connectivity index (χ0) is 15.9. The van der Waals surface area contributed by atoms with Crippen LogP contribution in [0.4, 0.5) is 0 Å². The van der Waals surface area contributed by atoms with Gasteiger partial charge in [0, 0.05) is 12.1 Å². The van der Waals surface area contributed by atoms with Crippen LogP contribution in [-0.4, -0.2) is 30.4 Å². The number of primary amides is 1. The second-order valence-electron chi connectivity index (χ2n) is 6.00. The van der Waals surface area contributed by atoms with Crippen molar-refractivity contribution in [2.75, 3.05) is 19.6 Å². The van der Waals surface area contributed by atoms with E-state index in [-0.39, 0.29) is 5.91 Å². The SMILES string of the molecule is CCCCCCN(CCC=C(C)C(N)=O)CCCCCC. The number of rotatable bonds is 14. The summed E-state index contributed by atoms with van der Waals surface area (Å²) in [5.41, 5.74) is 5.95. The van der Waals surface area contributed by atoms with Gasteiger partial charge in [0.15, 0.2) is 0 Å². The number of nitrogens with zero attached hydrogens (tertiary/aromatic N) is 1. The number of unbranched alkanes of at least 4 members (excludes halogenated alkanes) is 6. The van der Waals surface area contributed by atoms with E-state index in [2.05, 4.69) is 18.7 Å². The topological polar surface area (TPSA) is 46.3 Å². The Labute approximate surface area is 132 Å². The summed E-state index contributed by atoms with van der Waals surface area (Å²) in [4.78, 5) is 13.6. The third kappa shape index (κ3) is 12.6. The third-order valence-corrected chi connectivity index (χ3v) is 3.94. The van der Waals surface area contributed by atoms with E-state index in [1.807, 2.05) is 6.08 Å². The van der Waals surface area contributed by atoms with Crippen LogP contribution in [0.5, 0.6) is 0 Å². The fraction of sp³-hybridized carbons (Fsp3) is 0.833. The van der Waals surface area contributed by atoms with Crippen LogP contribution in [0.25, 0.3) is 0 Å². The van der Waals surface area contributed by atoms with Crippen LogP contribution < -0.4 is 5.73 Å². The summed E-state index contributed by atoms with van der Waals surface area (Å²) in [5, 5.41) is 0. The summed E-state index contributed by atoms with van der Waals surface area (Å²) < 4.78 is 0. The highest BCUT2D eigenvalue weighted by atomic mass is 16.1. The van der Waals surface area contributed by atoms with Crippen LogP contribution in [0, 0.1) is 0 Å². The Kier molecular flexibility index (Phi) is 13.6. The van der Waals surface area contributed by atoms with Gasteiger partial charge in [-0.15, -0.1) is 0 Å². The van der Waals surface area contributed by atoms with Crippen LogP contribution in [-0.2, 0) is 4.79 Å². The molecule has 0 saturated carbocycles. The van der Waals surface area contributed by atoms with Gasteiger partial charge >= 0.3 is 0 Å². The number of carbonyl (C=O) groups is 1. The Morgan fingerprint density at radius 2 is 1.43 bits per heavy atom. The fourth-order valence-electron chi connectivity index (χ4n) is 2.42. The van der Waals surface area contributed by atoms with E-state index in [0.717, 1.165) is 13.0 Å². The summed E-state index contributed by atoms with van der Waals surface area (Å²) in [5.74, 6) is -0.299. The first-order valence-corrected chi connectivity index (χ1v) is 8.80. The molecule has 0 aliphatic heterocycles. The predicted octanol–water partition coefficient (Wildman–Crippen LogP) is 4.27. The molecule has 0 aliphatic rings. The Bertz CT molecular complexity index is 275. The molecule has 1 amide bonds. The zero-order valence-electron chi connectivity index (χ0n) is 14.5. The molecule has 3 heteroatoms. The zero-order valence-corrected chi connectivity index (χ0v) is 14.5. The Morgan fingerprint density at radius 1 is 0.905 bits per heavy atom. The van der Waals surface area contributed by atoms with E-state index in [0.29, 0.717) is 5.57 Å². The van der Waals surface area contributed by atoms with Crippen LogP contribution in [0.15, 0.2) is 11.6 Å². The van der Waals surface area contributed by atoms with Crippen LogP contribution in [0.3, 0.4) is 0 Å². The summed E-state index contributed by atoms with van der Waals surface area (Å²) in [7, 11) is 0. The predicted molar refractivity (Wildman–Crippen MR) is 92.3 cm³/mol. The molecular formula is C18H36N2O. The first-order chi connectivity index (χ1) is 10.1. The van der Waals surface area contributed by atoms with Crippen LogP contribution in [0.2, 0.25) is 0 Å². The van der Waals surface area contributed by atoms with Crippen molar-refractivity contribution in [3.63, 3.8) is 0 Å². The molecule has 0 aliphatic carbocycles. The molecule has 0 fully saturated rings. The number of hydrogen-bond donors (Lipinski definition) is 1. The largest absolute Gasteiger partial charge is 0.366 e. The van der Waals surface area contributed by atoms with Crippen LogP contribution >= 0.6 is 0 Å². The van der Waals surface area contributed by atoms with Crippen molar-refractivity contribution in [3.8, 4) is 0 Å². The minimum Gasteiger partial charge on any atom is -0.366 e. The van der Waals surface area contributed by atoms with Gasteiger partial charge in [0.1, 0.15) is 0 Å². The summed E-state index contributed by atoms with van der Waals surface area (Å²) >= 11 is 0. The second-order valence-corrected chi connectivity index (χ2v) is 6.00. The molecule has 124 valence electrons. The van der Waals surface area contributed by atoms with Crippen molar-refractivity contribution >= 4 is 5.91 Å². The number of hydrogen-bond acceptors (Lipinski definition) is 2. The molecule has 0 heterocycles. The molecule has 0 spiro atoms. The first-order valence-electron chi connectivity index (χ1n) is 8.80. The lowest BCUT2D eigenvalue weighted by atomic mass is 10.1. The van der Waals surface area contributed by atoms with Gasteiger partial charge in [-0.05, 0) is 39.3 Å². The maximum absolute atomic E-state index is 11.0. The van der Waals surface area contributed by atoms with Crippen molar-refractivity contribution in [2.45, 2.75) is 78.6 Å². The minimum absolute atomic E-state index is 0.299. The maximum Gasteiger partial charge on any atom is 0.244 e. The van der Waals surface area contributed by atoms with Gasteiger partial charge < -0.3 is 10.6 Å². The summed E-state index contributed by atoms with van der Waals surface area (Å²) in [6.07, 6.45) is 13.4. The van der Waals surface area contributed by atoms with Gasteiger partial charge in [-0.25, -0.2) is 0 Å². The van der Waals surface area contributed by atoms with Gasteiger partial charge in [0.2, 0.25) is 5.91 Å². The van der Waals surface area contributed by atoms with Crippen molar-refractivity contribution < 1.29 is 4.79 Å². The smallest absolute Gasteiger partial charge is 0.244 e. The summed E-state index contributed by atoms with van der Waals surface area (Å²) in [6.45, 7) is 9.73. The lowest BCUT2D eigenvalue weighted by Gasteiger charge is -2.21. The van der Waals surface area contributed by atoms with E-state index in [1.54, 1.807) is 6.92 Å². The summed E-state index contributed by atoms with van der Waals surface area (Å²) in [6, 6.07) is 0. The molecule has 0 rings (SSSR count). The van der Waals surface area contributed by atoms with Crippen molar-refractivity contribution in [1.82, 2.24) is 4.90 Å². The van der Waals surface area contributed by atoms with E-state index >= 15 is 0 Å². The van der Waals surface area contributed by atoms with Crippen LogP contribution in [0.1, 0.15) is 78.6 Å². The number of carbonyl (C=O) groups excluding carboxylic acids is 1. The highest BCUT2D eigenvalue weighted by Gasteiger charge is 2.04. The number of nitrogens with two attached hydrogens (primary N) is 1. The molecule has 21 heavy (non-hydrogen) atoms. The van der Waals surface area contributed by atoms with Crippen molar-refractivity contribution in [1.29, 1.82) is 0 Å². The van der Waals surface area contributed by atoms with Gasteiger partial charge in [-0.2, -0.15) is 0 Å². The van der Waals surface area contributed by atoms with E-state index < -0.39 is 0 Å². The highest BCUT2D eigenvalue weighted by Crippen LogP contribution is 2.07. The van der Waals surface area contributed by atoms with Gasteiger partial charge in [-0.1, -0.05) is 58.4 Å². The number of amides is 1. The molecule has 0 aromatic carbocycles. The Balaban J connectivity index is 4.04. The minimum atomic E-state index is -0.299. The lowest BCUT2D eigenvalue weighted by molar-refractivity contribution is -0.114. The molecular weight excluding hydrogens is 260 g/mol. The molecule has 0 bridgehead atoms. The fourth-order valence-corrected chi connectivity index (χ4v) is 2.42. The monoisotopic (exact) mass is 296 g/mol. The molecule has 0 aromatic rings. The molecule has 0 saturated heterocycles. The lowest BCUT2D eigenvalue weighted by Crippen LogP contribution is -2.27. The Hall–Kier alpha value is -0.830. The molecule has 0 unspecified atom stereocenters. The third-order valence-electron chi connectivity index (χ3n) is 3.94. The quantitative estimate of drug-likeness (QED) is 0.384. The van der Waals surface area contributed by atoms with Gasteiger partial charge in [-0.3, -0.25) is 4.79 Å². The molecule has 0 atom stereocenters. The second kappa shape index (κ2) is 14.1. The molecule has 2 N–H and O–H groups in total. The van der Waals surface area contributed by atoms with Gasteiger partial charge in [0.25, 0.3) is 0 Å². The molecule has 3 nitrogen and oxygen atoms in total. The standard InChI is InChI=1S/C18H36N2O/c1-4-6-8-10-14-20(15-11-9-7-5-2)16-12-13-17(3)18(19)21/h13H,4-12,14-16H2,1-3H3,(H2,19,21). The Morgan fingerprint density at radius 3 is 1.86 bits per heavy atom. The van der Waals surface area contributed by atoms with Crippen molar-refractivity contribution in [3.05, 3.63) is 11.6 Å². The first kappa shape index (κ1) is 20.2. The molecule has 0 radical (unpaired) electrons. The normalized spacial score (nSPS) is 12.1.